The van der Waals surface area contributed by atoms with E-state index in [0.29, 0.717) is 0 Å². The van der Waals surface area contributed by atoms with E-state index >= 15 is 0 Å². The molecule has 0 aliphatic carbocycles. The SMILES string of the molecule is CC(C#N)(C#N)SC(C)(C#N)C#N. The molecule has 0 rings (SSSR count). The Hall–Kier alpha value is -1.69. The normalized spacial score (nSPS) is 10.3. The summed E-state index contributed by atoms with van der Waals surface area (Å²) < 4.78 is -2.69. The van der Waals surface area contributed by atoms with Crippen molar-refractivity contribution in [1.82, 2.24) is 0 Å². The van der Waals surface area contributed by atoms with Crippen molar-refractivity contribution in [2.45, 2.75) is 23.3 Å². The Morgan fingerprint density at radius 3 is 1.15 bits per heavy atom. The van der Waals surface area contributed by atoms with Crippen LogP contribution in [0.3, 0.4) is 0 Å². The van der Waals surface area contributed by atoms with Crippen LogP contribution in [-0.4, -0.2) is 9.49 Å². The van der Waals surface area contributed by atoms with Crippen molar-refractivity contribution in [2.75, 3.05) is 0 Å². The minimum Gasteiger partial charge on any atom is -0.196 e. The minimum absolute atomic E-state index is 0.750. The fourth-order valence-corrected chi connectivity index (χ4v) is 1.55. The van der Waals surface area contributed by atoms with Crippen LogP contribution in [0.2, 0.25) is 0 Å². The monoisotopic (exact) mass is 190 g/mol. The van der Waals surface area contributed by atoms with E-state index in [0.717, 1.165) is 11.8 Å². The van der Waals surface area contributed by atoms with Crippen LogP contribution in [0.15, 0.2) is 0 Å². The maximum Gasteiger partial charge on any atom is 0.188 e. The van der Waals surface area contributed by atoms with Crippen molar-refractivity contribution in [3.63, 3.8) is 0 Å². The number of nitriles is 4. The van der Waals surface area contributed by atoms with Crippen molar-refractivity contribution in [3.05, 3.63) is 0 Å². The Bertz CT molecular complexity index is 296. The molecule has 4 nitrogen and oxygen atoms in total. The molecule has 64 valence electrons. The topological polar surface area (TPSA) is 95.2 Å². The zero-order valence-corrected chi connectivity index (χ0v) is 8.01. The Balaban J connectivity index is 4.88. The van der Waals surface area contributed by atoms with E-state index in [2.05, 4.69) is 0 Å². The standard InChI is InChI=1S/C8H6N4S/c1-7(3-9,4-10)13-8(2,5-11)6-12/h1-2H3. The van der Waals surface area contributed by atoms with E-state index in [1.165, 1.54) is 13.8 Å². The molecule has 0 fully saturated rings. The molecule has 0 aliphatic rings. The van der Waals surface area contributed by atoms with E-state index in [9.17, 15) is 0 Å². The fraction of sp³-hybridized carbons (Fsp3) is 0.500. The average molecular weight is 190 g/mol. The zero-order chi connectivity index (χ0) is 10.5. The molecule has 13 heavy (non-hydrogen) atoms. The Kier molecular flexibility index (Phi) is 3.32. The van der Waals surface area contributed by atoms with Gasteiger partial charge in [-0.25, -0.2) is 0 Å². The first-order chi connectivity index (χ1) is 5.95. The van der Waals surface area contributed by atoms with Crippen molar-refractivity contribution in [2.24, 2.45) is 0 Å². The Labute approximate surface area is 81.0 Å². The van der Waals surface area contributed by atoms with Crippen molar-refractivity contribution < 1.29 is 0 Å². The molecule has 0 aromatic heterocycles. The van der Waals surface area contributed by atoms with Gasteiger partial charge in [-0.1, -0.05) is 11.8 Å². The number of thioether (sulfide) groups is 1. The first kappa shape index (κ1) is 11.3. The number of hydrogen-bond acceptors (Lipinski definition) is 5. The van der Waals surface area contributed by atoms with Crippen LogP contribution in [0, 0.1) is 45.3 Å². The third-order valence-electron chi connectivity index (χ3n) is 1.26. The van der Waals surface area contributed by atoms with E-state index in [1.54, 1.807) is 24.3 Å². The van der Waals surface area contributed by atoms with Crippen LogP contribution in [0.1, 0.15) is 13.8 Å². The Morgan fingerprint density at radius 1 is 0.769 bits per heavy atom. The summed E-state index contributed by atoms with van der Waals surface area (Å²) in [4.78, 5) is 0. The maximum atomic E-state index is 8.63. The van der Waals surface area contributed by atoms with Gasteiger partial charge in [-0.15, -0.1) is 0 Å². The molecule has 0 unspecified atom stereocenters. The van der Waals surface area contributed by atoms with Gasteiger partial charge in [0, 0.05) is 0 Å². The van der Waals surface area contributed by atoms with Crippen molar-refractivity contribution in [3.8, 4) is 24.3 Å². The van der Waals surface area contributed by atoms with Gasteiger partial charge in [-0.2, -0.15) is 21.0 Å². The highest BCUT2D eigenvalue weighted by atomic mass is 32.2. The highest BCUT2D eigenvalue weighted by Crippen LogP contribution is 2.35. The highest BCUT2D eigenvalue weighted by molar-refractivity contribution is 8.02. The van der Waals surface area contributed by atoms with Gasteiger partial charge < -0.3 is 0 Å². The molecule has 0 saturated carbocycles. The molecule has 0 aliphatic heterocycles. The lowest BCUT2D eigenvalue weighted by Gasteiger charge is -2.18. The highest BCUT2D eigenvalue weighted by Gasteiger charge is 2.37. The molecule has 0 saturated heterocycles. The molecular formula is C8H6N4S. The molecular weight excluding hydrogens is 184 g/mol. The number of rotatable bonds is 2. The molecule has 0 radical (unpaired) electrons. The van der Waals surface area contributed by atoms with Crippen LogP contribution in [0.5, 0.6) is 0 Å². The summed E-state index contributed by atoms with van der Waals surface area (Å²) in [7, 11) is 0. The van der Waals surface area contributed by atoms with Gasteiger partial charge >= 0.3 is 0 Å². The molecule has 0 heterocycles. The zero-order valence-electron chi connectivity index (χ0n) is 7.20. The molecule has 0 bridgehead atoms. The minimum atomic E-state index is -1.35. The van der Waals surface area contributed by atoms with Crippen molar-refractivity contribution >= 4 is 11.8 Å². The fourth-order valence-electron chi connectivity index (χ4n) is 0.550. The molecule has 0 aromatic carbocycles. The van der Waals surface area contributed by atoms with E-state index in [4.69, 9.17) is 21.0 Å². The van der Waals surface area contributed by atoms with E-state index in [-0.39, 0.29) is 0 Å². The van der Waals surface area contributed by atoms with Crippen LogP contribution in [0.4, 0.5) is 0 Å². The van der Waals surface area contributed by atoms with Gasteiger partial charge in [0.15, 0.2) is 9.49 Å². The van der Waals surface area contributed by atoms with Crippen LogP contribution >= 0.6 is 11.8 Å². The summed E-state index contributed by atoms with van der Waals surface area (Å²) in [5.74, 6) is 0. The van der Waals surface area contributed by atoms with Crippen LogP contribution in [0.25, 0.3) is 0 Å². The summed E-state index contributed by atoms with van der Waals surface area (Å²) in [6.45, 7) is 2.76. The molecule has 0 atom stereocenters. The lowest BCUT2D eigenvalue weighted by molar-refractivity contribution is 0.971. The Morgan fingerprint density at radius 2 is 1.00 bits per heavy atom. The summed E-state index contributed by atoms with van der Waals surface area (Å²) in [5.41, 5.74) is 0. The quantitative estimate of drug-likeness (QED) is 0.654. The van der Waals surface area contributed by atoms with Crippen molar-refractivity contribution in [1.29, 1.82) is 21.0 Å². The summed E-state index contributed by atoms with van der Waals surface area (Å²) in [5, 5.41) is 34.5. The third-order valence-corrected chi connectivity index (χ3v) is 2.44. The lowest BCUT2D eigenvalue weighted by atomic mass is 10.2. The van der Waals surface area contributed by atoms with E-state index in [1.807, 2.05) is 0 Å². The lowest BCUT2D eigenvalue weighted by Crippen LogP contribution is -2.26. The van der Waals surface area contributed by atoms with Crippen LogP contribution in [-0.2, 0) is 0 Å². The summed E-state index contributed by atoms with van der Waals surface area (Å²) >= 11 is 0.750. The molecule has 5 heteroatoms. The second-order valence-corrected chi connectivity index (χ2v) is 4.45. The smallest absolute Gasteiger partial charge is 0.188 e. The second-order valence-electron chi connectivity index (χ2n) is 2.62. The average Bonchev–Trinajstić information content (AvgIpc) is 2.17. The first-order valence-corrected chi connectivity index (χ1v) is 4.12. The summed E-state index contributed by atoms with van der Waals surface area (Å²) in [6, 6.07) is 7.01. The van der Waals surface area contributed by atoms with Gasteiger partial charge in [0.2, 0.25) is 0 Å². The number of hydrogen-bond donors (Lipinski definition) is 0. The second kappa shape index (κ2) is 3.81. The van der Waals surface area contributed by atoms with Gasteiger partial charge in [0.1, 0.15) is 0 Å². The van der Waals surface area contributed by atoms with Gasteiger partial charge in [-0.05, 0) is 13.8 Å². The predicted octanol–water partition coefficient (Wildman–Crippen LogP) is 1.33. The third kappa shape index (κ3) is 2.68. The van der Waals surface area contributed by atoms with Gasteiger partial charge in [-0.3, -0.25) is 0 Å². The number of nitrogens with zero attached hydrogens (tertiary/aromatic N) is 4. The van der Waals surface area contributed by atoms with E-state index < -0.39 is 9.49 Å². The largest absolute Gasteiger partial charge is 0.196 e. The van der Waals surface area contributed by atoms with Gasteiger partial charge in [0.05, 0.1) is 24.3 Å². The molecule has 0 spiro atoms. The summed E-state index contributed by atoms with van der Waals surface area (Å²) in [6.07, 6.45) is 0. The molecule has 0 amide bonds. The molecule has 0 aromatic rings. The molecule has 0 N–H and O–H groups in total. The predicted molar refractivity (Wildman–Crippen MR) is 46.9 cm³/mol. The van der Waals surface area contributed by atoms with Crippen LogP contribution < -0.4 is 0 Å². The maximum absolute atomic E-state index is 8.63. The first-order valence-electron chi connectivity index (χ1n) is 3.30. The van der Waals surface area contributed by atoms with Gasteiger partial charge in [0.25, 0.3) is 0 Å².